The number of carbonyl (C=O) groups excluding carboxylic acids is 1. The summed E-state index contributed by atoms with van der Waals surface area (Å²) in [7, 11) is 2.97. The van der Waals surface area contributed by atoms with Crippen molar-refractivity contribution < 1.29 is 14.3 Å². The molecule has 9 nitrogen and oxygen atoms in total. The second-order valence-corrected chi connectivity index (χ2v) is 10.3. The van der Waals surface area contributed by atoms with E-state index in [-0.39, 0.29) is 21.7 Å². The van der Waals surface area contributed by atoms with Gasteiger partial charge in [0.05, 0.1) is 35.5 Å². The van der Waals surface area contributed by atoms with Crippen molar-refractivity contribution in [2.75, 3.05) is 51.0 Å². The van der Waals surface area contributed by atoms with Gasteiger partial charge in [-0.05, 0) is 49.2 Å². The number of piperazine rings is 1. The van der Waals surface area contributed by atoms with Crippen molar-refractivity contribution in [2.24, 2.45) is 10.7 Å². The maximum Gasteiger partial charge on any atom is 0.278 e. The first-order valence-electron chi connectivity index (χ1n) is 12.7. The summed E-state index contributed by atoms with van der Waals surface area (Å²) in [6.07, 6.45) is 2.65. The molecule has 2 fully saturated rings. The number of aliphatic imine (C=N–C) groups is 1. The number of halogens is 2. The lowest BCUT2D eigenvalue weighted by atomic mass is 10.1. The summed E-state index contributed by atoms with van der Waals surface area (Å²) < 4.78 is 10.7. The summed E-state index contributed by atoms with van der Waals surface area (Å²) in [5.74, 6) is 0.296. The molecule has 204 valence electrons. The number of nitrogen functional groups attached to an aromatic ring is 1. The molecule has 2 aliphatic rings. The average molecular weight is 569 g/mol. The standard InChI is InChI=1S/C28H30Cl2N6O3/c1-38-21-15-22(39-2)25(30)23(24(21)29)20-10-9-19(26(31)33-20)27(32)34-28(37)16-3-5-17(6-4-16)35-11-13-36(14-12-35)18-7-8-18/h3-6,9-10,15,18H,7-8,11-14H2,1-2H3,(H2,31,33)(H2,32,34,37). The fourth-order valence-electron chi connectivity index (χ4n) is 4.78. The number of ether oxygens (including phenoxy) is 2. The minimum Gasteiger partial charge on any atom is -0.495 e. The fraction of sp³-hybridized carbons (Fsp3) is 0.321. The Hall–Kier alpha value is -3.53. The summed E-state index contributed by atoms with van der Waals surface area (Å²) in [6, 6.07) is 13.1. The normalized spacial score (nSPS) is 16.3. The smallest absolute Gasteiger partial charge is 0.278 e. The number of amides is 1. The van der Waals surface area contributed by atoms with Crippen LogP contribution in [0, 0.1) is 0 Å². The number of hydrogen-bond acceptors (Lipinski definition) is 7. The highest BCUT2D eigenvalue weighted by molar-refractivity contribution is 6.41. The van der Waals surface area contributed by atoms with Crippen molar-refractivity contribution >= 4 is 46.4 Å². The van der Waals surface area contributed by atoms with Gasteiger partial charge in [0.2, 0.25) is 0 Å². The van der Waals surface area contributed by atoms with Crippen LogP contribution in [0.4, 0.5) is 11.5 Å². The highest BCUT2D eigenvalue weighted by Gasteiger charge is 2.31. The number of rotatable bonds is 7. The number of benzene rings is 2. The number of hydrogen-bond donors (Lipinski definition) is 2. The number of aromatic nitrogens is 1. The van der Waals surface area contributed by atoms with Crippen LogP contribution in [0.1, 0.15) is 28.8 Å². The lowest BCUT2D eigenvalue weighted by Gasteiger charge is -2.36. The van der Waals surface area contributed by atoms with E-state index in [1.54, 1.807) is 30.3 Å². The second kappa shape index (κ2) is 11.3. The van der Waals surface area contributed by atoms with E-state index < -0.39 is 5.91 Å². The number of anilines is 2. The lowest BCUT2D eigenvalue weighted by molar-refractivity contribution is 0.100. The van der Waals surface area contributed by atoms with Gasteiger partial charge in [0.1, 0.15) is 23.2 Å². The quantitative estimate of drug-likeness (QED) is 0.316. The number of nitrogens with zero attached hydrogens (tertiary/aromatic N) is 4. The van der Waals surface area contributed by atoms with E-state index in [1.807, 2.05) is 12.1 Å². The summed E-state index contributed by atoms with van der Waals surface area (Å²) in [4.78, 5) is 26.3. The summed E-state index contributed by atoms with van der Waals surface area (Å²) in [5, 5.41) is 0.515. The Morgan fingerprint density at radius 3 is 2.13 bits per heavy atom. The van der Waals surface area contributed by atoms with Crippen LogP contribution in [0.5, 0.6) is 11.5 Å². The van der Waals surface area contributed by atoms with Gasteiger partial charge in [-0.1, -0.05) is 23.2 Å². The van der Waals surface area contributed by atoms with Crippen LogP contribution in [0.3, 0.4) is 0 Å². The highest BCUT2D eigenvalue weighted by atomic mass is 35.5. The molecular formula is C28H30Cl2N6O3. The summed E-state index contributed by atoms with van der Waals surface area (Å²) >= 11 is 13.0. The number of pyridine rings is 1. The third-order valence-electron chi connectivity index (χ3n) is 7.11. The third-order valence-corrected chi connectivity index (χ3v) is 7.86. The Morgan fingerprint density at radius 1 is 0.974 bits per heavy atom. The average Bonchev–Trinajstić information content (AvgIpc) is 3.79. The van der Waals surface area contributed by atoms with Crippen LogP contribution in [0.2, 0.25) is 10.0 Å². The molecule has 0 spiro atoms. The zero-order valence-corrected chi connectivity index (χ0v) is 23.3. The topological polar surface area (TPSA) is 119 Å². The van der Waals surface area contributed by atoms with Gasteiger partial charge in [0.25, 0.3) is 5.91 Å². The molecule has 4 N–H and O–H groups in total. The maximum absolute atomic E-state index is 12.9. The molecule has 0 radical (unpaired) electrons. The minimum atomic E-state index is -0.468. The van der Waals surface area contributed by atoms with Crippen LogP contribution in [-0.4, -0.2) is 68.1 Å². The highest BCUT2D eigenvalue weighted by Crippen LogP contribution is 2.45. The molecule has 1 saturated carbocycles. The molecule has 2 aromatic carbocycles. The Bertz CT molecular complexity index is 1390. The van der Waals surface area contributed by atoms with Crippen LogP contribution in [-0.2, 0) is 0 Å². The molecule has 0 unspecified atom stereocenters. The fourth-order valence-corrected chi connectivity index (χ4v) is 5.47. The van der Waals surface area contributed by atoms with E-state index in [4.69, 9.17) is 44.1 Å². The molecule has 2 heterocycles. The van der Waals surface area contributed by atoms with Crippen LogP contribution >= 0.6 is 23.2 Å². The van der Waals surface area contributed by atoms with Gasteiger partial charge >= 0.3 is 0 Å². The zero-order valence-electron chi connectivity index (χ0n) is 21.8. The summed E-state index contributed by atoms with van der Waals surface area (Å²) in [6.45, 7) is 4.11. The largest absolute Gasteiger partial charge is 0.495 e. The molecule has 5 rings (SSSR count). The SMILES string of the molecule is COc1cc(OC)c(Cl)c(-c2ccc(C(N)=NC(=O)c3ccc(N4CCN(C5CC5)CC4)cc3)c(N)n2)c1Cl. The number of methoxy groups -OCH3 is 2. The van der Waals surface area contributed by atoms with Gasteiger partial charge < -0.3 is 25.8 Å². The van der Waals surface area contributed by atoms with E-state index in [0.29, 0.717) is 33.9 Å². The van der Waals surface area contributed by atoms with E-state index in [9.17, 15) is 4.79 Å². The van der Waals surface area contributed by atoms with Crippen molar-refractivity contribution in [1.29, 1.82) is 0 Å². The molecule has 1 aliphatic heterocycles. The van der Waals surface area contributed by atoms with Crippen molar-refractivity contribution in [3.05, 3.63) is 63.6 Å². The number of nitrogens with two attached hydrogens (primary N) is 2. The molecule has 1 amide bonds. The van der Waals surface area contributed by atoms with Gasteiger partial charge in [-0.15, -0.1) is 0 Å². The Labute approximate surface area is 237 Å². The van der Waals surface area contributed by atoms with Crippen molar-refractivity contribution in [2.45, 2.75) is 18.9 Å². The Balaban J connectivity index is 1.32. The molecular weight excluding hydrogens is 539 g/mol. The number of carbonyl (C=O) groups is 1. The Morgan fingerprint density at radius 2 is 1.59 bits per heavy atom. The van der Waals surface area contributed by atoms with Gasteiger partial charge in [-0.2, -0.15) is 4.99 Å². The van der Waals surface area contributed by atoms with E-state index in [2.05, 4.69) is 19.8 Å². The molecule has 0 bridgehead atoms. The number of amidine groups is 1. The first-order chi connectivity index (χ1) is 18.8. The first-order valence-corrected chi connectivity index (χ1v) is 13.4. The lowest BCUT2D eigenvalue weighted by Crippen LogP contribution is -2.47. The molecule has 0 atom stereocenters. The molecule has 1 aromatic heterocycles. The minimum absolute atomic E-state index is 0.0442. The molecule has 1 aliphatic carbocycles. The van der Waals surface area contributed by atoms with E-state index in [0.717, 1.165) is 37.9 Å². The van der Waals surface area contributed by atoms with Crippen molar-refractivity contribution in [3.8, 4) is 22.8 Å². The van der Waals surface area contributed by atoms with Crippen molar-refractivity contribution in [3.63, 3.8) is 0 Å². The van der Waals surface area contributed by atoms with Crippen molar-refractivity contribution in [1.82, 2.24) is 9.88 Å². The Kier molecular flexibility index (Phi) is 7.83. The monoisotopic (exact) mass is 568 g/mol. The molecule has 39 heavy (non-hydrogen) atoms. The van der Waals surface area contributed by atoms with E-state index in [1.165, 1.54) is 27.1 Å². The van der Waals surface area contributed by atoms with Crippen LogP contribution < -0.4 is 25.8 Å². The first kappa shape index (κ1) is 27.1. The predicted molar refractivity (Wildman–Crippen MR) is 156 cm³/mol. The summed E-state index contributed by atoms with van der Waals surface area (Å²) in [5.41, 5.74) is 15.0. The van der Waals surface area contributed by atoms with Gasteiger partial charge in [0.15, 0.2) is 0 Å². The van der Waals surface area contributed by atoms with Crippen LogP contribution in [0.25, 0.3) is 11.3 Å². The van der Waals surface area contributed by atoms with Gasteiger partial charge in [-0.25, -0.2) is 4.98 Å². The maximum atomic E-state index is 12.9. The third kappa shape index (κ3) is 5.61. The van der Waals surface area contributed by atoms with E-state index >= 15 is 0 Å². The molecule has 3 aromatic rings. The van der Waals surface area contributed by atoms with Gasteiger partial charge in [-0.3, -0.25) is 9.69 Å². The molecule has 11 heteroatoms. The molecule has 1 saturated heterocycles. The van der Waals surface area contributed by atoms with Gasteiger partial charge in [0, 0.05) is 55.1 Å². The zero-order chi connectivity index (χ0) is 27.7. The second-order valence-electron chi connectivity index (χ2n) is 9.52. The predicted octanol–water partition coefficient (Wildman–Crippen LogP) is 4.48. The van der Waals surface area contributed by atoms with Crippen LogP contribution in [0.15, 0.2) is 47.5 Å².